The SMILES string of the molecule is [C-]#[N+]c1cc(O)c(O)c(C(=O)NC/C=C/[C@H]2O[C@@H](n3cnc4c(N)ncnc43)C(O)[C@H]2O)c1. The van der Waals surface area contributed by atoms with Crippen LogP contribution < -0.4 is 11.1 Å². The van der Waals surface area contributed by atoms with Crippen molar-refractivity contribution in [2.45, 2.75) is 24.5 Å². The van der Waals surface area contributed by atoms with Crippen LogP contribution in [0.15, 0.2) is 36.9 Å². The summed E-state index contributed by atoms with van der Waals surface area (Å²) in [4.78, 5) is 27.5. The first kappa shape index (κ1) is 22.0. The van der Waals surface area contributed by atoms with Crippen LogP contribution >= 0.6 is 0 Å². The van der Waals surface area contributed by atoms with E-state index in [2.05, 4.69) is 25.1 Å². The van der Waals surface area contributed by atoms with Gasteiger partial charge in [-0.3, -0.25) is 9.36 Å². The number of rotatable bonds is 5. The lowest BCUT2D eigenvalue weighted by atomic mass is 10.1. The highest BCUT2D eigenvalue weighted by molar-refractivity contribution is 5.98. The highest BCUT2D eigenvalue weighted by Crippen LogP contribution is 2.34. The van der Waals surface area contributed by atoms with Gasteiger partial charge in [-0.1, -0.05) is 12.2 Å². The number of amides is 1. The maximum atomic E-state index is 12.3. The van der Waals surface area contributed by atoms with Crippen molar-refractivity contribution < 1.29 is 30.0 Å². The molecule has 13 nitrogen and oxygen atoms in total. The van der Waals surface area contributed by atoms with E-state index in [4.69, 9.17) is 17.0 Å². The maximum absolute atomic E-state index is 12.3. The molecule has 0 aliphatic carbocycles. The van der Waals surface area contributed by atoms with Crippen LogP contribution in [-0.2, 0) is 4.74 Å². The second-order valence-corrected chi connectivity index (χ2v) is 7.17. The largest absolute Gasteiger partial charge is 0.505 e. The van der Waals surface area contributed by atoms with Crippen molar-refractivity contribution in [3.05, 3.63) is 53.9 Å². The molecule has 0 spiro atoms. The van der Waals surface area contributed by atoms with Gasteiger partial charge in [-0.05, 0) is 12.1 Å². The number of imidazole rings is 1. The number of aliphatic hydroxyl groups excluding tert-OH is 2. The van der Waals surface area contributed by atoms with Crippen LogP contribution in [0.25, 0.3) is 16.0 Å². The molecule has 1 aliphatic heterocycles. The zero-order valence-corrected chi connectivity index (χ0v) is 16.9. The fraction of sp³-hybridized carbons (Fsp3) is 0.250. The molecule has 2 aromatic heterocycles. The third-order valence-corrected chi connectivity index (χ3v) is 5.09. The second-order valence-electron chi connectivity index (χ2n) is 7.17. The molecule has 1 saturated heterocycles. The molecule has 0 radical (unpaired) electrons. The van der Waals surface area contributed by atoms with Crippen molar-refractivity contribution in [1.82, 2.24) is 24.8 Å². The summed E-state index contributed by atoms with van der Waals surface area (Å²) in [6.45, 7) is 6.96. The molecule has 3 aromatic rings. The number of anilines is 1. The zero-order chi connectivity index (χ0) is 23.7. The summed E-state index contributed by atoms with van der Waals surface area (Å²) in [6.07, 6.45) is 1.13. The highest BCUT2D eigenvalue weighted by Gasteiger charge is 2.43. The molecule has 1 aliphatic rings. The summed E-state index contributed by atoms with van der Waals surface area (Å²) in [5.41, 5.74) is 6.18. The molecule has 170 valence electrons. The molecule has 0 bridgehead atoms. The number of fused-ring (bicyclic) bond motifs is 1. The number of aliphatic hydroxyl groups is 2. The van der Waals surface area contributed by atoms with Gasteiger partial charge in [-0.15, -0.1) is 0 Å². The quantitative estimate of drug-likeness (QED) is 0.174. The number of phenols is 2. The van der Waals surface area contributed by atoms with Crippen LogP contribution in [-0.4, -0.2) is 70.7 Å². The number of nitrogens with two attached hydrogens (primary N) is 1. The number of nitrogen functional groups attached to an aromatic ring is 1. The van der Waals surface area contributed by atoms with E-state index in [1.54, 1.807) is 0 Å². The van der Waals surface area contributed by atoms with Gasteiger partial charge in [0.15, 0.2) is 29.1 Å². The van der Waals surface area contributed by atoms with Gasteiger partial charge >= 0.3 is 0 Å². The van der Waals surface area contributed by atoms with E-state index in [1.165, 1.54) is 29.4 Å². The summed E-state index contributed by atoms with van der Waals surface area (Å²) in [5, 5.41) is 42.8. The lowest BCUT2D eigenvalue weighted by molar-refractivity contribution is -0.0245. The van der Waals surface area contributed by atoms with Gasteiger partial charge < -0.3 is 36.2 Å². The molecule has 7 N–H and O–H groups in total. The lowest BCUT2D eigenvalue weighted by Gasteiger charge is -2.16. The van der Waals surface area contributed by atoms with Crippen molar-refractivity contribution in [2.75, 3.05) is 12.3 Å². The molecular formula is C20H19N7O6. The zero-order valence-electron chi connectivity index (χ0n) is 16.9. The van der Waals surface area contributed by atoms with Gasteiger partial charge in [0.25, 0.3) is 5.91 Å². The minimum absolute atomic E-state index is 0.00690. The van der Waals surface area contributed by atoms with Crippen LogP contribution in [0.2, 0.25) is 0 Å². The van der Waals surface area contributed by atoms with E-state index in [9.17, 15) is 25.2 Å². The van der Waals surface area contributed by atoms with Gasteiger partial charge in [-0.25, -0.2) is 19.8 Å². The van der Waals surface area contributed by atoms with E-state index in [-0.39, 0.29) is 23.6 Å². The first-order valence-electron chi connectivity index (χ1n) is 9.64. The van der Waals surface area contributed by atoms with Crippen LogP contribution in [0.4, 0.5) is 11.5 Å². The van der Waals surface area contributed by atoms with E-state index in [1.807, 2.05) is 0 Å². The van der Waals surface area contributed by atoms with Gasteiger partial charge in [0.05, 0.1) is 18.5 Å². The minimum atomic E-state index is -1.29. The van der Waals surface area contributed by atoms with Crippen molar-refractivity contribution in [1.29, 1.82) is 0 Å². The van der Waals surface area contributed by atoms with E-state index < -0.39 is 41.9 Å². The number of nitrogens with one attached hydrogen (secondary N) is 1. The predicted molar refractivity (Wildman–Crippen MR) is 113 cm³/mol. The standard InChI is InChI=1S/C20H19N7O6/c1-22-9-5-10(14(29)11(28)6-9)19(32)23-4-2-3-12-15(30)16(31)20(33-12)27-8-26-13-17(21)24-7-25-18(13)27/h2-3,5-8,12,15-16,20,28-31H,4H2,(H,23,32)(H2,21,24,25)/b3-2+/t12-,15+,16?,20-/m1/s1. The summed E-state index contributed by atoms with van der Waals surface area (Å²) in [5.74, 6) is -1.77. The molecular weight excluding hydrogens is 434 g/mol. The Morgan fingerprint density at radius 1 is 1.27 bits per heavy atom. The van der Waals surface area contributed by atoms with Crippen molar-refractivity contribution in [3.63, 3.8) is 0 Å². The Labute approximate surface area is 186 Å². The van der Waals surface area contributed by atoms with Gasteiger partial charge in [-0.2, -0.15) is 0 Å². The Morgan fingerprint density at radius 3 is 2.82 bits per heavy atom. The fourth-order valence-electron chi connectivity index (χ4n) is 3.42. The number of aromatic hydroxyl groups is 2. The van der Waals surface area contributed by atoms with Gasteiger partial charge in [0, 0.05) is 6.54 Å². The smallest absolute Gasteiger partial charge is 0.254 e. The lowest BCUT2D eigenvalue weighted by Crippen LogP contribution is -2.31. The fourth-order valence-corrected chi connectivity index (χ4v) is 3.42. The van der Waals surface area contributed by atoms with Gasteiger partial charge in [0.2, 0.25) is 0 Å². The number of nitrogens with zero attached hydrogens (tertiary/aromatic N) is 5. The average molecular weight is 453 g/mol. The Hall–Kier alpha value is -4.25. The molecule has 4 rings (SSSR count). The molecule has 13 heteroatoms. The van der Waals surface area contributed by atoms with E-state index in [0.29, 0.717) is 11.2 Å². The minimum Gasteiger partial charge on any atom is -0.505 e. The number of benzene rings is 1. The molecule has 4 atom stereocenters. The van der Waals surface area contributed by atoms with E-state index >= 15 is 0 Å². The molecule has 0 saturated carbocycles. The number of phenolic OH excluding ortho intramolecular Hbond substituents is 2. The topological polar surface area (TPSA) is 193 Å². The Balaban J connectivity index is 1.42. The molecule has 1 aromatic carbocycles. The van der Waals surface area contributed by atoms with Crippen molar-refractivity contribution in [2.24, 2.45) is 0 Å². The molecule has 1 amide bonds. The summed E-state index contributed by atoms with van der Waals surface area (Å²) in [7, 11) is 0. The van der Waals surface area contributed by atoms with Crippen LogP contribution in [0, 0.1) is 6.57 Å². The molecule has 33 heavy (non-hydrogen) atoms. The first-order chi connectivity index (χ1) is 15.8. The van der Waals surface area contributed by atoms with Crippen LogP contribution in [0.1, 0.15) is 16.6 Å². The van der Waals surface area contributed by atoms with Crippen LogP contribution in [0.3, 0.4) is 0 Å². The third kappa shape index (κ3) is 4.01. The number of aromatic nitrogens is 4. The predicted octanol–water partition coefficient (Wildman–Crippen LogP) is -0.0241. The third-order valence-electron chi connectivity index (χ3n) is 5.09. The normalized spacial score (nSPS) is 22.6. The molecule has 3 heterocycles. The number of ether oxygens (including phenoxy) is 1. The maximum Gasteiger partial charge on any atom is 0.254 e. The number of hydrogen-bond acceptors (Lipinski definition) is 10. The van der Waals surface area contributed by atoms with Gasteiger partial charge in [0.1, 0.15) is 35.9 Å². The average Bonchev–Trinajstić information content (AvgIpc) is 3.35. The Bertz CT molecular complexity index is 1280. The number of carbonyl (C=O) groups excluding carboxylic acids is 1. The van der Waals surface area contributed by atoms with Crippen molar-refractivity contribution in [3.8, 4) is 11.5 Å². The monoisotopic (exact) mass is 453 g/mol. The number of carbonyl (C=O) groups is 1. The summed E-state index contributed by atoms with van der Waals surface area (Å²) < 4.78 is 7.19. The summed E-state index contributed by atoms with van der Waals surface area (Å²) >= 11 is 0. The van der Waals surface area contributed by atoms with Crippen LogP contribution in [0.5, 0.6) is 11.5 Å². The molecule has 1 unspecified atom stereocenters. The Kier molecular flexibility index (Phi) is 5.80. The highest BCUT2D eigenvalue weighted by atomic mass is 16.6. The van der Waals surface area contributed by atoms with E-state index in [0.717, 1.165) is 12.1 Å². The Morgan fingerprint density at radius 2 is 2.06 bits per heavy atom. The van der Waals surface area contributed by atoms with Crippen molar-refractivity contribution >= 4 is 28.6 Å². The number of hydrogen-bond donors (Lipinski definition) is 6. The first-order valence-corrected chi connectivity index (χ1v) is 9.64. The molecule has 1 fully saturated rings. The second kappa shape index (κ2) is 8.71. The summed E-state index contributed by atoms with van der Waals surface area (Å²) in [6, 6.07) is 2.20.